The van der Waals surface area contributed by atoms with Crippen molar-refractivity contribution in [1.82, 2.24) is 10.2 Å². The maximum absolute atomic E-state index is 13.3. The van der Waals surface area contributed by atoms with E-state index in [1.807, 2.05) is 6.07 Å². The minimum atomic E-state index is -4.72. The van der Waals surface area contributed by atoms with Gasteiger partial charge in [0.15, 0.2) is 0 Å². The number of carbonyl (C=O) groups is 1. The van der Waals surface area contributed by atoms with Crippen LogP contribution in [-0.2, 0) is 4.79 Å². The summed E-state index contributed by atoms with van der Waals surface area (Å²) in [4.78, 5) is 15.3. The van der Waals surface area contributed by atoms with Crippen LogP contribution in [0.3, 0.4) is 0 Å². The second kappa shape index (κ2) is 7.86. The van der Waals surface area contributed by atoms with E-state index in [1.165, 1.54) is 17.7 Å². The maximum atomic E-state index is 13.3. The zero-order valence-corrected chi connectivity index (χ0v) is 17.1. The fourth-order valence-electron chi connectivity index (χ4n) is 5.40. The normalized spacial score (nSPS) is 23.5. The molecule has 0 unspecified atom stereocenters. The molecule has 0 aromatic heterocycles. The van der Waals surface area contributed by atoms with Gasteiger partial charge >= 0.3 is 6.36 Å². The molecule has 4 nitrogen and oxygen atoms in total. The lowest BCUT2D eigenvalue weighted by Gasteiger charge is -2.37. The summed E-state index contributed by atoms with van der Waals surface area (Å²) in [5.41, 5.74) is 3.93. The number of carbonyl (C=O) groups excluding carboxylic acids is 1. The summed E-state index contributed by atoms with van der Waals surface area (Å²) in [7, 11) is 0. The molecule has 2 heterocycles. The highest BCUT2D eigenvalue weighted by Gasteiger charge is 2.42. The number of nitrogens with one attached hydrogen (secondary N) is 1. The Bertz CT molecular complexity index is 985. The molecular formula is C24H25F3N2O2. The molecule has 2 atom stereocenters. The summed E-state index contributed by atoms with van der Waals surface area (Å²) in [6.45, 7) is 2.54. The summed E-state index contributed by atoms with van der Waals surface area (Å²) in [6, 6.07) is 12.2. The van der Waals surface area contributed by atoms with Crippen molar-refractivity contribution in [2.24, 2.45) is 5.92 Å². The third kappa shape index (κ3) is 4.03. The Hall–Kier alpha value is -2.54. The number of hydrogen-bond donors (Lipinski definition) is 1. The van der Waals surface area contributed by atoms with Crippen molar-refractivity contribution in [2.45, 2.75) is 44.0 Å². The second-order valence-corrected chi connectivity index (χ2v) is 8.71. The largest absolute Gasteiger partial charge is 0.573 e. The predicted octanol–water partition coefficient (Wildman–Crippen LogP) is 5.01. The highest BCUT2D eigenvalue weighted by Crippen LogP contribution is 2.50. The molecule has 2 fully saturated rings. The Morgan fingerprint density at radius 2 is 1.77 bits per heavy atom. The van der Waals surface area contributed by atoms with Gasteiger partial charge in [0.1, 0.15) is 5.75 Å². The molecule has 2 aromatic rings. The van der Waals surface area contributed by atoms with Crippen molar-refractivity contribution < 1.29 is 22.7 Å². The SMILES string of the molecule is O=C(C1CCNCC1)N1CC[C@H]2C[C@@H]1c1cc(-c3cccc(OC(F)(F)F)c3)ccc12. The van der Waals surface area contributed by atoms with Crippen LogP contribution in [0.25, 0.3) is 11.1 Å². The van der Waals surface area contributed by atoms with Crippen LogP contribution >= 0.6 is 0 Å². The lowest BCUT2D eigenvalue weighted by atomic mass is 9.92. The van der Waals surface area contributed by atoms with Gasteiger partial charge in [-0.25, -0.2) is 0 Å². The third-order valence-electron chi connectivity index (χ3n) is 6.86. The van der Waals surface area contributed by atoms with Gasteiger partial charge in [-0.05, 0) is 85.1 Å². The Morgan fingerprint density at radius 1 is 1.00 bits per heavy atom. The molecule has 1 amide bonds. The number of piperidine rings is 2. The number of fused-ring (bicyclic) bond motifs is 5. The summed E-state index contributed by atoms with van der Waals surface area (Å²) < 4.78 is 41.9. The van der Waals surface area contributed by atoms with Crippen LogP contribution in [0.1, 0.15) is 48.8 Å². The van der Waals surface area contributed by atoms with Gasteiger partial charge in [0.25, 0.3) is 0 Å². The number of rotatable bonds is 3. The van der Waals surface area contributed by atoms with Gasteiger partial charge in [-0.3, -0.25) is 4.79 Å². The Kier molecular flexibility index (Phi) is 5.16. The number of benzene rings is 2. The van der Waals surface area contributed by atoms with Crippen LogP contribution in [0.5, 0.6) is 5.75 Å². The molecule has 3 aliphatic rings. The van der Waals surface area contributed by atoms with Gasteiger partial charge in [-0.2, -0.15) is 0 Å². The molecule has 2 bridgehead atoms. The summed E-state index contributed by atoms with van der Waals surface area (Å²) >= 11 is 0. The van der Waals surface area contributed by atoms with E-state index in [4.69, 9.17) is 0 Å². The van der Waals surface area contributed by atoms with Crippen LogP contribution in [0.2, 0.25) is 0 Å². The molecule has 2 aliphatic heterocycles. The summed E-state index contributed by atoms with van der Waals surface area (Å²) in [6.07, 6.45) is -1.06. The van der Waals surface area contributed by atoms with Crippen LogP contribution in [-0.4, -0.2) is 36.8 Å². The number of halogens is 3. The van der Waals surface area contributed by atoms with E-state index in [-0.39, 0.29) is 23.6 Å². The standard InChI is InChI=1S/C24H25F3N2O2/c25-24(26,27)31-19-3-1-2-16(12-19)17-4-5-20-18-8-11-29(22(14-18)21(20)13-17)23(30)15-6-9-28-10-7-15/h1-5,12-13,15,18,22,28H,6-11,14H2/t18-,22+/m0/s1. The summed E-state index contributed by atoms with van der Waals surface area (Å²) in [5.74, 6) is 0.558. The average molecular weight is 430 g/mol. The fourth-order valence-corrected chi connectivity index (χ4v) is 5.40. The van der Waals surface area contributed by atoms with E-state index in [2.05, 4.69) is 27.1 Å². The van der Waals surface area contributed by atoms with Crippen molar-refractivity contribution in [3.05, 3.63) is 53.6 Å². The number of nitrogens with zero attached hydrogens (tertiary/aromatic N) is 1. The smallest absolute Gasteiger partial charge is 0.406 e. The predicted molar refractivity (Wildman–Crippen MR) is 111 cm³/mol. The average Bonchev–Trinajstić information content (AvgIpc) is 3.04. The second-order valence-electron chi connectivity index (χ2n) is 8.71. The number of likely N-dealkylation sites (tertiary alicyclic amines) is 1. The molecule has 2 aromatic carbocycles. The van der Waals surface area contributed by atoms with Crippen LogP contribution in [0.4, 0.5) is 13.2 Å². The molecular weight excluding hydrogens is 405 g/mol. The van der Waals surface area contributed by atoms with Crippen LogP contribution in [0.15, 0.2) is 42.5 Å². The number of ether oxygens (including phenoxy) is 1. The quantitative estimate of drug-likeness (QED) is 0.744. The molecule has 1 N–H and O–H groups in total. The van der Waals surface area contributed by atoms with Gasteiger partial charge < -0.3 is 15.0 Å². The molecule has 7 heteroatoms. The first-order valence-electron chi connectivity index (χ1n) is 10.9. The Balaban J connectivity index is 1.43. The highest BCUT2D eigenvalue weighted by molar-refractivity contribution is 5.80. The first kappa shape index (κ1) is 20.4. The van der Waals surface area contributed by atoms with E-state index in [9.17, 15) is 18.0 Å². The van der Waals surface area contributed by atoms with Crippen molar-refractivity contribution in [1.29, 1.82) is 0 Å². The first-order chi connectivity index (χ1) is 14.9. The van der Waals surface area contributed by atoms with Crippen molar-refractivity contribution in [3.8, 4) is 16.9 Å². The molecule has 2 saturated heterocycles. The van der Waals surface area contributed by atoms with Gasteiger partial charge in [0.05, 0.1) is 6.04 Å². The van der Waals surface area contributed by atoms with E-state index < -0.39 is 6.36 Å². The van der Waals surface area contributed by atoms with Crippen LogP contribution < -0.4 is 10.1 Å². The van der Waals surface area contributed by atoms with Gasteiger partial charge in [0, 0.05) is 12.5 Å². The number of amides is 1. The Labute approximate surface area is 179 Å². The number of hydrogen-bond acceptors (Lipinski definition) is 3. The van der Waals surface area contributed by atoms with Crippen molar-refractivity contribution in [3.63, 3.8) is 0 Å². The van der Waals surface area contributed by atoms with Crippen molar-refractivity contribution >= 4 is 5.91 Å². The molecule has 31 heavy (non-hydrogen) atoms. The molecule has 0 spiro atoms. The first-order valence-corrected chi connectivity index (χ1v) is 10.9. The minimum absolute atomic E-state index is 0.0608. The maximum Gasteiger partial charge on any atom is 0.573 e. The number of alkyl halides is 3. The third-order valence-corrected chi connectivity index (χ3v) is 6.86. The van der Waals surface area contributed by atoms with E-state index in [0.29, 0.717) is 11.5 Å². The van der Waals surface area contributed by atoms with Crippen LogP contribution in [0, 0.1) is 5.92 Å². The topological polar surface area (TPSA) is 41.6 Å². The zero-order valence-electron chi connectivity index (χ0n) is 17.1. The zero-order chi connectivity index (χ0) is 21.6. The lowest BCUT2D eigenvalue weighted by molar-refractivity contribution is -0.274. The highest BCUT2D eigenvalue weighted by atomic mass is 19.4. The van der Waals surface area contributed by atoms with E-state index in [1.54, 1.807) is 12.1 Å². The molecule has 164 valence electrons. The van der Waals surface area contributed by atoms with Gasteiger partial charge in [-0.1, -0.05) is 24.3 Å². The minimum Gasteiger partial charge on any atom is -0.406 e. The van der Waals surface area contributed by atoms with Gasteiger partial charge in [-0.15, -0.1) is 13.2 Å². The Morgan fingerprint density at radius 3 is 2.55 bits per heavy atom. The van der Waals surface area contributed by atoms with Gasteiger partial charge in [0.2, 0.25) is 5.91 Å². The monoisotopic (exact) mass is 430 g/mol. The molecule has 5 rings (SSSR count). The molecule has 0 saturated carbocycles. The molecule has 0 radical (unpaired) electrons. The fraction of sp³-hybridized carbons (Fsp3) is 0.458. The van der Waals surface area contributed by atoms with E-state index >= 15 is 0 Å². The molecule has 1 aliphatic carbocycles. The lowest BCUT2D eigenvalue weighted by Crippen LogP contribution is -2.44. The van der Waals surface area contributed by atoms with E-state index in [0.717, 1.165) is 56.4 Å². The van der Waals surface area contributed by atoms with Crippen molar-refractivity contribution in [2.75, 3.05) is 19.6 Å². The summed E-state index contributed by atoms with van der Waals surface area (Å²) in [5, 5.41) is 3.31.